The normalized spacial score (nSPS) is 51.7. The van der Waals surface area contributed by atoms with E-state index in [1.165, 1.54) is 44.9 Å². The average molecular weight is 236 g/mol. The Bertz CT molecular complexity index is 264. The lowest BCUT2D eigenvalue weighted by atomic mass is 9.79. The first-order valence-corrected chi connectivity index (χ1v) is 7.70. The minimum atomic E-state index is 0.482. The molecule has 1 aliphatic carbocycles. The molecule has 5 unspecified atom stereocenters. The molecule has 2 N–H and O–H groups in total. The smallest absolute Gasteiger partial charge is 0.0129 e. The first-order chi connectivity index (χ1) is 8.16. The van der Waals surface area contributed by atoms with Crippen molar-refractivity contribution in [2.75, 3.05) is 0 Å². The Labute approximate surface area is 106 Å². The minimum Gasteiger partial charge on any atom is -0.328 e. The van der Waals surface area contributed by atoms with Gasteiger partial charge in [-0.1, -0.05) is 20.3 Å². The molecule has 3 rings (SSSR count). The maximum absolute atomic E-state index is 6.22. The molecule has 5 atom stereocenters. The van der Waals surface area contributed by atoms with E-state index in [1.807, 2.05) is 0 Å². The number of nitrogens with zero attached hydrogens (tertiary/aromatic N) is 1. The van der Waals surface area contributed by atoms with Crippen molar-refractivity contribution in [3.05, 3.63) is 0 Å². The van der Waals surface area contributed by atoms with Crippen LogP contribution in [0.1, 0.15) is 58.8 Å². The SMILES string of the molecule is CC1CCC(N2C3CCCC2CC(N)C3)C1C. The van der Waals surface area contributed by atoms with E-state index in [-0.39, 0.29) is 0 Å². The fraction of sp³-hybridized carbons (Fsp3) is 1.00. The summed E-state index contributed by atoms with van der Waals surface area (Å²) < 4.78 is 0. The van der Waals surface area contributed by atoms with Crippen molar-refractivity contribution in [3.63, 3.8) is 0 Å². The van der Waals surface area contributed by atoms with E-state index in [2.05, 4.69) is 18.7 Å². The standard InChI is InChI=1S/C15H28N2/c1-10-6-7-15(11(10)2)17-13-4-3-5-14(17)9-12(16)8-13/h10-15H,3-9,16H2,1-2H3. The highest BCUT2D eigenvalue weighted by Crippen LogP contribution is 2.42. The van der Waals surface area contributed by atoms with Crippen LogP contribution in [0, 0.1) is 11.8 Å². The predicted octanol–water partition coefficient (Wildman–Crippen LogP) is 2.77. The first-order valence-electron chi connectivity index (χ1n) is 7.70. The van der Waals surface area contributed by atoms with Gasteiger partial charge in [0.15, 0.2) is 0 Å². The van der Waals surface area contributed by atoms with Crippen LogP contribution in [-0.4, -0.2) is 29.1 Å². The van der Waals surface area contributed by atoms with Gasteiger partial charge in [-0.15, -0.1) is 0 Å². The van der Waals surface area contributed by atoms with Crippen molar-refractivity contribution >= 4 is 0 Å². The van der Waals surface area contributed by atoms with Gasteiger partial charge in [-0.25, -0.2) is 0 Å². The van der Waals surface area contributed by atoms with Crippen LogP contribution in [0.25, 0.3) is 0 Å². The van der Waals surface area contributed by atoms with Gasteiger partial charge in [0.05, 0.1) is 0 Å². The molecule has 0 radical (unpaired) electrons. The molecular formula is C15H28N2. The Balaban J connectivity index is 1.78. The van der Waals surface area contributed by atoms with Crippen LogP contribution in [-0.2, 0) is 0 Å². The van der Waals surface area contributed by atoms with Gasteiger partial charge in [0.25, 0.3) is 0 Å². The summed E-state index contributed by atoms with van der Waals surface area (Å²) in [5.74, 6) is 1.82. The zero-order valence-electron chi connectivity index (χ0n) is 11.4. The highest BCUT2D eigenvalue weighted by molar-refractivity contribution is 5.00. The van der Waals surface area contributed by atoms with Crippen molar-refractivity contribution in [2.24, 2.45) is 17.6 Å². The molecule has 2 aliphatic heterocycles. The molecule has 0 aromatic rings. The molecule has 2 bridgehead atoms. The van der Waals surface area contributed by atoms with Crippen molar-refractivity contribution in [2.45, 2.75) is 83.0 Å². The van der Waals surface area contributed by atoms with Crippen LogP contribution in [0.2, 0.25) is 0 Å². The van der Waals surface area contributed by atoms with Crippen molar-refractivity contribution in [3.8, 4) is 0 Å². The van der Waals surface area contributed by atoms with Gasteiger partial charge in [0.2, 0.25) is 0 Å². The molecular weight excluding hydrogens is 208 g/mol. The number of rotatable bonds is 1. The fourth-order valence-corrected chi connectivity index (χ4v) is 4.76. The lowest BCUT2D eigenvalue weighted by Crippen LogP contribution is -2.59. The van der Waals surface area contributed by atoms with Gasteiger partial charge >= 0.3 is 0 Å². The van der Waals surface area contributed by atoms with Crippen molar-refractivity contribution in [1.82, 2.24) is 4.90 Å². The molecule has 3 fully saturated rings. The third-order valence-corrected chi connectivity index (χ3v) is 5.87. The highest BCUT2D eigenvalue weighted by Gasteiger charge is 2.44. The molecule has 1 saturated carbocycles. The van der Waals surface area contributed by atoms with Crippen molar-refractivity contribution in [1.29, 1.82) is 0 Å². The molecule has 0 spiro atoms. The molecule has 2 heteroatoms. The zero-order valence-corrected chi connectivity index (χ0v) is 11.4. The maximum Gasteiger partial charge on any atom is 0.0129 e. The quantitative estimate of drug-likeness (QED) is 0.758. The average Bonchev–Trinajstić information content (AvgIpc) is 2.59. The number of hydrogen-bond donors (Lipinski definition) is 1. The summed E-state index contributed by atoms with van der Waals surface area (Å²) in [6.07, 6.45) is 9.64. The van der Waals surface area contributed by atoms with Gasteiger partial charge in [-0.2, -0.15) is 0 Å². The van der Waals surface area contributed by atoms with Crippen LogP contribution < -0.4 is 5.73 Å². The summed E-state index contributed by atoms with van der Waals surface area (Å²) in [6, 6.07) is 2.98. The minimum absolute atomic E-state index is 0.482. The zero-order chi connectivity index (χ0) is 12.0. The van der Waals surface area contributed by atoms with Gasteiger partial charge in [-0.3, -0.25) is 4.90 Å². The third-order valence-electron chi connectivity index (χ3n) is 5.87. The Morgan fingerprint density at radius 3 is 2.12 bits per heavy atom. The van der Waals surface area contributed by atoms with E-state index in [0.717, 1.165) is 30.0 Å². The molecule has 0 amide bonds. The maximum atomic E-state index is 6.22. The number of piperidine rings is 2. The third kappa shape index (κ3) is 2.04. The lowest BCUT2D eigenvalue weighted by molar-refractivity contribution is -0.0181. The summed E-state index contributed by atoms with van der Waals surface area (Å²) in [7, 11) is 0. The van der Waals surface area contributed by atoms with Gasteiger partial charge in [-0.05, 0) is 50.4 Å². The largest absolute Gasteiger partial charge is 0.328 e. The molecule has 2 nitrogen and oxygen atoms in total. The topological polar surface area (TPSA) is 29.3 Å². The molecule has 17 heavy (non-hydrogen) atoms. The van der Waals surface area contributed by atoms with Gasteiger partial charge < -0.3 is 5.73 Å². The highest BCUT2D eigenvalue weighted by atomic mass is 15.2. The second-order valence-corrected chi connectivity index (χ2v) is 6.90. The lowest BCUT2D eigenvalue weighted by Gasteiger charge is -2.52. The summed E-state index contributed by atoms with van der Waals surface area (Å²) in [5, 5.41) is 0. The summed E-state index contributed by atoms with van der Waals surface area (Å²) in [6.45, 7) is 4.92. The van der Waals surface area contributed by atoms with E-state index in [4.69, 9.17) is 5.73 Å². The van der Waals surface area contributed by atoms with Crippen LogP contribution >= 0.6 is 0 Å². The van der Waals surface area contributed by atoms with Crippen LogP contribution in [0.15, 0.2) is 0 Å². The summed E-state index contributed by atoms with van der Waals surface area (Å²) in [5.41, 5.74) is 6.22. The monoisotopic (exact) mass is 236 g/mol. The van der Waals surface area contributed by atoms with Gasteiger partial charge in [0, 0.05) is 24.2 Å². The second kappa shape index (κ2) is 4.55. The number of hydrogen-bond acceptors (Lipinski definition) is 2. The van der Waals surface area contributed by atoms with Crippen LogP contribution in [0.3, 0.4) is 0 Å². The Morgan fingerprint density at radius 1 is 0.941 bits per heavy atom. The molecule has 0 aromatic carbocycles. The molecule has 0 aromatic heterocycles. The molecule has 2 heterocycles. The molecule has 2 saturated heterocycles. The van der Waals surface area contributed by atoms with Crippen molar-refractivity contribution < 1.29 is 0 Å². The van der Waals surface area contributed by atoms with Crippen LogP contribution in [0.5, 0.6) is 0 Å². The Morgan fingerprint density at radius 2 is 1.59 bits per heavy atom. The molecule has 3 aliphatic rings. The van der Waals surface area contributed by atoms with E-state index in [9.17, 15) is 0 Å². The van der Waals surface area contributed by atoms with E-state index in [1.54, 1.807) is 0 Å². The fourth-order valence-electron chi connectivity index (χ4n) is 4.76. The van der Waals surface area contributed by atoms with E-state index < -0.39 is 0 Å². The second-order valence-electron chi connectivity index (χ2n) is 6.90. The Kier molecular flexibility index (Phi) is 3.20. The molecule has 98 valence electrons. The van der Waals surface area contributed by atoms with Gasteiger partial charge in [0.1, 0.15) is 0 Å². The van der Waals surface area contributed by atoms with E-state index >= 15 is 0 Å². The summed E-state index contributed by atoms with van der Waals surface area (Å²) in [4.78, 5) is 2.92. The van der Waals surface area contributed by atoms with Crippen LogP contribution in [0.4, 0.5) is 0 Å². The predicted molar refractivity (Wildman–Crippen MR) is 71.8 cm³/mol. The first kappa shape index (κ1) is 12.0. The summed E-state index contributed by atoms with van der Waals surface area (Å²) >= 11 is 0. The number of nitrogens with two attached hydrogens (primary N) is 1. The number of fused-ring (bicyclic) bond motifs is 2. The Hall–Kier alpha value is -0.0800. The van der Waals surface area contributed by atoms with E-state index in [0.29, 0.717) is 6.04 Å².